The van der Waals surface area contributed by atoms with E-state index in [-0.39, 0.29) is 6.42 Å². The summed E-state index contributed by atoms with van der Waals surface area (Å²) in [6, 6.07) is 24.1. The Bertz CT molecular complexity index is 1270. The summed E-state index contributed by atoms with van der Waals surface area (Å²) >= 11 is 0. The number of esters is 1. The number of alkyl carbamates (subject to hydrolysis) is 1. The molecule has 3 aromatic carbocycles. The van der Waals surface area contributed by atoms with E-state index in [9.17, 15) is 9.59 Å². The standard InChI is InChI=1S/C28H28N2O4/c1-28(2,3)34-27(32)30-25(17-21-18-29-24-12-8-7-11-23(21)24)26(31)33-22-15-13-20(14-16-22)19-9-5-4-6-10-19/h4-16,18,25,29H,17H2,1-3H3,(H,30,32). The van der Waals surface area contributed by atoms with Gasteiger partial charge in [0.05, 0.1) is 0 Å². The van der Waals surface area contributed by atoms with Crippen LogP contribution in [0.1, 0.15) is 26.3 Å². The molecule has 1 unspecified atom stereocenters. The molecule has 0 saturated heterocycles. The average Bonchev–Trinajstić information content (AvgIpc) is 3.21. The minimum Gasteiger partial charge on any atom is -0.444 e. The van der Waals surface area contributed by atoms with Crippen LogP contribution in [0.5, 0.6) is 5.75 Å². The van der Waals surface area contributed by atoms with Gasteiger partial charge in [0.25, 0.3) is 0 Å². The monoisotopic (exact) mass is 456 g/mol. The van der Waals surface area contributed by atoms with Gasteiger partial charge in [0, 0.05) is 23.5 Å². The summed E-state index contributed by atoms with van der Waals surface area (Å²) in [7, 11) is 0. The number of aromatic amines is 1. The van der Waals surface area contributed by atoms with Crippen LogP contribution in [0, 0.1) is 0 Å². The highest BCUT2D eigenvalue weighted by Crippen LogP contribution is 2.23. The second kappa shape index (κ2) is 9.83. The van der Waals surface area contributed by atoms with E-state index < -0.39 is 23.7 Å². The largest absolute Gasteiger partial charge is 0.444 e. The number of amides is 1. The van der Waals surface area contributed by atoms with Crippen molar-refractivity contribution in [1.29, 1.82) is 0 Å². The normalized spacial score (nSPS) is 12.2. The van der Waals surface area contributed by atoms with Crippen LogP contribution in [0.4, 0.5) is 4.79 Å². The Kier molecular flexibility index (Phi) is 6.68. The number of carbonyl (C=O) groups is 2. The third kappa shape index (κ3) is 5.84. The van der Waals surface area contributed by atoms with Crippen molar-refractivity contribution in [2.75, 3.05) is 0 Å². The van der Waals surface area contributed by atoms with Crippen LogP contribution in [-0.2, 0) is 16.0 Å². The van der Waals surface area contributed by atoms with Gasteiger partial charge < -0.3 is 19.8 Å². The smallest absolute Gasteiger partial charge is 0.408 e. The molecule has 4 aromatic rings. The van der Waals surface area contributed by atoms with Gasteiger partial charge in [-0.2, -0.15) is 0 Å². The summed E-state index contributed by atoms with van der Waals surface area (Å²) in [5.41, 5.74) is 3.25. The molecular formula is C28H28N2O4. The Morgan fingerprint density at radius 3 is 2.24 bits per heavy atom. The number of H-pyrrole nitrogens is 1. The second-order valence-electron chi connectivity index (χ2n) is 9.07. The number of nitrogens with one attached hydrogen (secondary N) is 2. The predicted octanol–water partition coefficient (Wildman–Crippen LogP) is 5.88. The fraction of sp³-hybridized carbons (Fsp3) is 0.214. The Hall–Kier alpha value is -4.06. The molecule has 6 heteroatoms. The van der Waals surface area contributed by atoms with Crippen LogP contribution in [0.3, 0.4) is 0 Å². The number of hydrogen-bond donors (Lipinski definition) is 2. The number of para-hydroxylation sites is 1. The molecule has 0 fully saturated rings. The first-order valence-electron chi connectivity index (χ1n) is 11.2. The first-order valence-corrected chi connectivity index (χ1v) is 11.2. The molecule has 0 aliphatic rings. The van der Waals surface area contributed by atoms with E-state index in [0.717, 1.165) is 27.6 Å². The lowest BCUT2D eigenvalue weighted by Crippen LogP contribution is -2.46. The molecule has 1 heterocycles. The van der Waals surface area contributed by atoms with Crippen LogP contribution >= 0.6 is 0 Å². The van der Waals surface area contributed by atoms with Crippen LogP contribution < -0.4 is 10.1 Å². The molecule has 6 nitrogen and oxygen atoms in total. The average molecular weight is 457 g/mol. The van der Waals surface area contributed by atoms with E-state index in [0.29, 0.717) is 5.75 Å². The van der Waals surface area contributed by atoms with Crippen LogP contribution in [0.2, 0.25) is 0 Å². The van der Waals surface area contributed by atoms with E-state index >= 15 is 0 Å². The lowest BCUT2D eigenvalue weighted by molar-refractivity contribution is -0.136. The van der Waals surface area contributed by atoms with Crippen LogP contribution in [-0.4, -0.2) is 28.7 Å². The van der Waals surface area contributed by atoms with E-state index in [4.69, 9.17) is 9.47 Å². The van der Waals surface area contributed by atoms with E-state index in [1.54, 1.807) is 32.9 Å². The number of rotatable bonds is 6. The quantitative estimate of drug-likeness (QED) is 0.281. The fourth-order valence-electron chi connectivity index (χ4n) is 3.70. The van der Waals surface area contributed by atoms with E-state index in [1.165, 1.54) is 0 Å². The van der Waals surface area contributed by atoms with Crippen molar-refractivity contribution in [3.05, 3.63) is 90.6 Å². The minimum atomic E-state index is -0.928. The highest BCUT2D eigenvalue weighted by atomic mass is 16.6. The topological polar surface area (TPSA) is 80.4 Å². The maximum Gasteiger partial charge on any atom is 0.408 e. The lowest BCUT2D eigenvalue weighted by atomic mass is 10.0. The molecule has 0 aliphatic heterocycles. The molecule has 1 aromatic heterocycles. The molecule has 0 aliphatic carbocycles. The summed E-state index contributed by atoms with van der Waals surface area (Å²) in [6.07, 6.45) is 1.43. The number of benzene rings is 3. The molecule has 0 bridgehead atoms. The molecule has 0 saturated carbocycles. The molecule has 1 amide bonds. The molecule has 1 atom stereocenters. The first-order chi connectivity index (χ1) is 16.3. The lowest BCUT2D eigenvalue weighted by Gasteiger charge is -2.23. The van der Waals surface area contributed by atoms with Gasteiger partial charge in [-0.3, -0.25) is 0 Å². The van der Waals surface area contributed by atoms with Crippen LogP contribution in [0.15, 0.2) is 85.1 Å². The van der Waals surface area contributed by atoms with Gasteiger partial charge in [0.2, 0.25) is 0 Å². The highest BCUT2D eigenvalue weighted by molar-refractivity contribution is 5.87. The summed E-state index contributed by atoms with van der Waals surface area (Å²) in [4.78, 5) is 28.8. The summed E-state index contributed by atoms with van der Waals surface area (Å²) in [5, 5.41) is 3.67. The number of aromatic nitrogens is 1. The Balaban J connectivity index is 1.52. The van der Waals surface area contributed by atoms with E-state index in [2.05, 4.69) is 10.3 Å². The predicted molar refractivity (Wildman–Crippen MR) is 133 cm³/mol. The number of carbonyl (C=O) groups excluding carboxylic acids is 2. The van der Waals surface area contributed by atoms with Gasteiger partial charge in [-0.05, 0) is 55.7 Å². The molecule has 2 N–H and O–H groups in total. The van der Waals surface area contributed by atoms with E-state index in [1.807, 2.05) is 72.9 Å². The molecule has 0 spiro atoms. The summed E-state index contributed by atoms with van der Waals surface area (Å²) in [5.74, 6) is -0.164. The molecule has 174 valence electrons. The van der Waals surface area contributed by atoms with Crippen molar-refractivity contribution in [1.82, 2.24) is 10.3 Å². The first kappa shape index (κ1) is 23.1. The van der Waals surface area contributed by atoms with Crippen LogP contribution in [0.25, 0.3) is 22.0 Å². The van der Waals surface area contributed by atoms with Crippen molar-refractivity contribution in [3.8, 4) is 16.9 Å². The zero-order chi connectivity index (χ0) is 24.1. The molecular weight excluding hydrogens is 428 g/mol. The molecule has 0 radical (unpaired) electrons. The highest BCUT2D eigenvalue weighted by Gasteiger charge is 2.27. The molecule has 4 rings (SSSR count). The zero-order valence-electron chi connectivity index (χ0n) is 19.5. The van der Waals surface area contributed by atoms with Gasteiger partial charge in [0.1, 0.15) is 17.4 Å². The second-order valence-corrected chi connectivity index (χ2v) is 9.07. The fourth-order valence-corrected chi connectivity index (χ4v) is 3.70. The summed E-state index contributed by atoms with van der Waals surface area (Å²) in [6.45, 7) is 5.32. The Morgan fingerprint density at radius 2 is 1.53 bits per heavy atom. The van der Waals surface area contributed by atoms with Gasteiger partial charge >= 0.3 is 12.1 Å². The Morgan fingerprint density at radius 1 is 0.882 bits per heavy atom. The SMILES string of the molecule is CC(C)(C)OC(=O)NC(Cc1c[nH]c2ccccc12)C(=O)Oc1ccc(-c2ccccc2)cc1. The maximum atomic E-state index is 13.1. The number of ether oxygens (including phenoxy) is 2. The van der Waals surface area contributed by atoms with Crippen molar-refractivity contribution in [2.45, 2.75) is 38.8 Å². The summed E-state index contributed by atoms with van der Waals surface area (Å²) < 4.78 is 11.0. The third-order valence-corrected chi connectivity index (χ3v) is 5.25. The van der Waals surface area contributed by atoms with Crippen molar-refractivity contribution < 1.29 is 19.1 Å². The minimum absolute atomic E-state index is 0.254. The Labute approximate surface area is 198 Å². The third-order valence-electron chi connectivity index (χ3n) is 5.25. The van der Waals surface area contributed by atoms with Gasteiger partial charge in [-0.1, -0.05) is 60.7 Å². The van der Waals surface area contributed by atoms with Crippen molar-refractivity contribution in [3.63, 3.8) is 0 Å². The van der Waals surface area contributed by atoms with Crippen molar-refractivity contribution >= 4 is 23.0 Å². The molecule has 34 heavy (non-hydrogen) atoms. The van der Waals surface area contributed by atoms with Gasteiger partial charge in [-0.25, -0.2) is 9.59 Å². The maximum absolute atomic E-state index is 13.1. The number of hydrogen-bond acceptors (Lipinski definition) is 4. The van der Waals surface area contributed by atoms with Gasteiger partial charge in [0.15, 0.2) is 0 Å². The van der Waals surface area contributed by atoms with Crippen molar-refractivity contribution in [2.24, 2.45) is 0 Å². The number of fused-ring (bicyclic) bond motifs is 1. The van der Waals surface area contributed by atoms with Gasteiger partial charge in [-0.15, -0.1) is 0 Å². The zero-order valence-corrected chi connectivity index (χ0v) is 19.5.